The van der Waals surface area contributed by atoms with Crippen molar-refractivity contribution in [2.24, 2.45) is 0 Å². The molecule has 0 unspecified atom stereocenters. The number of nitrogens with zero attached hydrogens (tertiary/aromatic N) is 2. The highest BCUT2D eigenvalue weighted by molar-refractivity contribution is 5.67. The minimum absolute atomic E-state index is 0.125. The van der Waals surface area contributed by atoms with E-state index in [4.69, 9.17) is 9.84 Å². The van der Waals surface area contributed by atoms with Gasteiger partial charge in [0, 0.05) is 20.1 Å². The number of likely N-dealkylation sites (N-methyl/N-ethyl adjacent to an activating group) is 1. The van der Waals surface area contributed by atoms with Gasteiger partial charge >= 0.3 is 6.09 Å². The second-order valence-electron chi connectivity index (χ2n) is 5.01. The minimum Gasteiger partial charge on any atom is -0.443 e. The van der Waals surface area contributed by atoms with Crippen LogP contribution in [0.4, 0.5) is 4.79 Å². The van der Waals surface area contributed by atoms with Crippen molar-refractivity contribution in [3.63, 3.8) is 0 Å². The van der Waals surface area contributed by atoms with Gasteiger partial charge in [-0.25, -0.2) is 15.2 Å². The molecule has 0 radical (unpaired) electrons. The predicted octanol–water partition coefficient (Wildman–Crippen LogP) is 0.672. The Morgan fingerprint density at radius 2 is 1.89 bits per heavy atom. The Morgan fingerprint density at radius 3 is 2.28 bits per heavy atom. The molecule has 0 aliphatic heterocycles. The number of carbonyl (C=O) groups is 1. The summed E-state index contributed by atoms with van der Waals surface area (Å²) in [4.78, 5) is 13.9. The van der Waals surface area contributed by atoms with Crippen molar-refractivity contribution in [3.05, 3.63) is 0 Å². The van der Waals surface area contributed by atoms with Crippen LogP contribution in [-0.2, 0) is 4.74 Å². The number of hydrazine groups is 1. The number of amides is 1. The normalized spacial score (nSPS) is 11.7. The van der Waals surface area contributed by atoms with Crippen LogP contribution in [-0.4, -0.2) is 66.5 Å². The van der Waals surface area contributed by atoms with E-state index < -0.39 is 5.60 Å². The van der Waals surface area contributed by atoms with Crippen LogP contribution in [0.1, 0.15) is 27.7 Å². The molecule has 0 atom stereocenters. The number of ether oxygens (including phenoxy) is 1. The predicted molar refractivity (Wildman–Crippen MR) is 71.2 cm³/mol. The lowest BCUT2D eigenvalue weighted by Gasteiger charge is -2.28. The number of rotatable bonds is 7. The molecule has 0 fully saturated rings. The van der Waals surface area contributed by atoms with Crippen molar-refractivity contribution in [2.75, 3.05) is 39.8 Å². The molecule has 0 aromatic heterocycles. The molecule has 1 amide bonds. The molecule has 0 heterocycles. The summed E-state index contributed by atoms with van der Waals surface area (Å²) >= 11 is 0. The fourth-order valence-corrected chi connectivity index (χ4v) is 1.42. The number of hydrogen-bond donors (Lipinski definition) is 2. The Labute approximate surface area is 110 Å². The SMILES string of the molecule is CCN(CCO)CCN(NC)C(=O)OC(C)(C)C. The van der Waals surface area contributed by atoms with Gasteiger partial charge in [-0.2, -0.15) is 0 Å². The number of aliphatic hydroxyl groups is 1. The summed E-state index contributed by atoms with van der Waals surface area (Å²) < 4.78 is 5.27. The van der Waals surface area contributed by atoms with Crippen LogP contribution in [0, 0.1) is 0 Å². The number of nitrogens with one attached hydrogen (secondary N) is 1. The molecule has 18 heavy (non-hydrogen) atoms. The lowest BCUT2D eigenvalue weighted by molar-refractivity contribution is 0.0137. The molecule has 0 aromatic carbocycles. The molecule has 0 spiro atoms. The van der Waals surface area contributed by atoms with Gasteiger partial charge in [0.15, 0.2) is 0 Å². The smallest absolute Gasteiger partial charge is 0.424 e. The third-order valence-corrected chi connectivity index (χ3v) is 2.39. The van der Waals surface area contributed by atoms with Gasteiger partial charge in [0.1, 0.15) is 5.60 Å². The van der Waals surface area contributed by atoms with Crippen LogP contribution in [0.3, 0.4) is 0 Å². The van der Waals surface area contributed by atoms with E-state index in [-0.39, 0.29) is 12.7 Å². The molecular weight excluding hydrogens is 234 g/mol. The lowest BCUT2D eigenvalue weighted by Crippen LogP contribution is -2.47. The van der Waals surface area contributed by atoms with Gasteiger partial charge in [-0.15, -0.1) is 0 Å². The summed E-state index contributed by atoms with van der Waals surface area (Å²) in [7, 11) is 1.69. The van der Waals surface area contributed by atoms with Crippen molar-refractivity contribution >= 4 is 6.09 Å². The zero-order valence-corrected chi connectivity index (χ0v) is 12.2. The highest BCUT2D eigenvalue weighted by Crippen LogP contribution is 2.08. The second-order valence-corrected chi connectivity index (χ2v) is 5.01. The Balaban J connectivity index is 4.21. The van der Waals surface area contributed by atoms with Gasteiger partial charge in [0.25, 0.3) is 0 Å². The van der Waals surface area contributed by atoms with Crippen LogP contribution in [0.5, 0.6) is 0 Å². The van der Waals surface area contributed by atoms with Crippen molar-refractivity contribution in [3.8, 4) is 0 Å². The van der Waals surface area contributed by atoms with E-state index >= 15 is 0 Å². The molecule has 0 bridgehead atoms. The molecule has 0 aromatic rings. The topological polar surface area (TPSA) is 65.0 Å². The Hall–Kier alpha value is -0.850. The maximum absolute atomic E-state index is 11.8. The lowest BCUT2D eigenvalue weighted by atomic mass is 10.2. The highest BCUT2D eigenvalue weighted by atomic mass is 16.6. The molecule has 0 aliphatic rings. The van der Waals surface area contributed by atoms with Gasteiger partial charge in [0.2, 0.25) is 0 Å². The third kappa shape index (κ3) is 7.47. The first-order valence-corrected chi connectivity index (χ1v) is 6.35. The Bertz CT molecular complexity index is 241. The fraction of sp³-hybridized carbons (Fsp3) is 0.917. The Kier molecular flexibility index (Phi) is 7.90. The first kappa shape index (κ1) is 17.2. The second kappa shape index (κ2) is 8.29. The van der Waals surface area contributed by atoms with Crippen molar-refractivity contribution in [1.82, 2.24) is 15.3 Å². The molecule has 0 saturated heterocycles. The first-order chi connectivity index (χ1) is 8.34. The minimum atomic E-state index is -0.498. The van der Waals surface area contributed by atoms with E-state index in [1.807, 2.05) is 27.7 Å². The van der Waals surface area contributed by atoms with Crippen molar-refractivity contribution in [2.45, 2.75) is 33.3 Å². The van der Waals surface area contributed by atoms with Gasteiger partial charge in [0.05, 0.1) is 13.2 Å². The summed E-state index contributed by atoms with van der Waals surface area (Å²) in [6, 6.07) is 0. The molecule has 0 rings (SSSR count). The average molecular weight is 261 g/mol. The monoisotopic (exact) mass is 261 g/mol. The largest absolute Gasteiger partial charge is 0.443 e. The zero-order chi connectivity index (χ0) is 14.2. The molecule has 0 saturated carbocycles. The summed E-state index contributed by atoms with van der Waals surface area (Å²) in [6.45, 7) is 10.3. The number of hydrogen-bond acceptors (Lipinski definition) is 5. The van der Waals surface area contributed by atoms with Crippen LogP contribution in [0.2, 0.25) is 0 Å². The molecule has 108 valence electrons. The third-order valence-electron chi connectivity index (χ3n) is 2.39. The van der Waals surface area contributed by atoms with Crippen LogP contribution < -0.4 is 5.43 Å². The van der Waals surface area contributed by atoms with Gasteiger partial charge < -0.3 is 9.84 Å². The van der Waals surface area contributed by atoms with Crippen LogP contribution >= 0.6 is 0 Å². The summed E-state index contributed by atoms with van der Waals surface area (Å²) in [6.07, 6.45) is -0.384. The van der Waals surface area contributed by atoms with Crippen LogP contribution in [0.25, 0.3) is 0 Å². The Morgan fingerprint density at radius 1 is 1.28 bits per heavy atom. The molecular formula is C12H27N3O3. The first-order valence-electron chi connectivity index (χ1n) is 6.35. The van der Waals surface area contributed by atoms with E-state index in [0.717, 1.165) is 6.54 Å². The quantitative estimate of drug-likeness (QED) is 0.660. The van der Waals surface area contributed by atoms with Gasteiger partial charge in [-0.05, 0) is 27.3 Å². The zero-order valence-electron chi connectivity index (χ0n) is 12.2. The van der Waals surface area contributed by atoms with E-state index in [1.165, 1.54) is 5.01 Å². The summed E-state index contributed by atoms with van der Waals surface area (Å²) in [5.74, 6) is 0. The van der Waals surface area contributed by atoms with Gasteiger partial charge in [-0.1, -0.05) is 6.92 Å². The molecule has 6 heteroatoms. The standard InChI is InChI=1S/C12H27N3O3/c1-6-14(9-10-16)7-8-15(13-5)11(17)18-12(2,3)4/h13,16H,6-10H2,1-5H3. The van der Waals surface area contributed by atoms with Crippen molar-refractivity contribution < 1.29 is 14.6 Å². The van der Waals surface area contributed by atoms with E-state index in [0.29, 0.717) is 19.6 Å². The van der Waals surface area contributed by atoms with Gasteiger partial charge in [-0.3, -0.25) is 4.90 Å². The molecule has 2 N–H and O–H groups in total. The summed E-state index contributed by atoms with van der Waals surface area (Å²) in [5, 5.41) is 10.3. The molecule has 6 nitrogen and oxygen atoms in total. The van der Waals surface area contributed by atoms with Crippen molar-refractivity contribution in [1.29, 1.82) is 0 Å². The summed E-state index contributed by atoms with van der Waals surface area (Å²) in [5.41, 5.74) is 2.32. The number of carbonyl (C=O) groups excluding carboxylic acids is 1. The van der Waals surface area contributed by atoms with E-state index in [2.05, 4.69) is 10.3 Å². The van der Waals surface area contributed by atoms with E-state index in [9.17, 15) is 4.79 Å². The highest BCUT2D eigenvalue weighted by Gasteiger charge is 2.21. The fourth-order valence-electron chi connectivity index (χ4n) is 1.42. The van der Waals surface area contributed by atoms with E-state index in [1.54, 1.807) is 7.05 Å². The van der Waals surface area contributed by atoms with Crippen LogP contribution in [0.15, 0.2) is 0 Å². The molecule has 0 aliphatic carbocycles. The number of aliphatic hydroxyl groups excluding tert-OH is 1. The average Bonchev–Trinajstić information content (AvgIpc) is 2.26. The maximum atomic E-state index is 11.8. The maximum Gasteiger partial charge on any atom is 0.424 e.